The molecule has 1 aromatic carbocycles. The van der Waals surface area contributed by atoms with Crippen molar-refractivity contribution in [3.63, 3.8) is 0 Å². The zero-order valence-electron chi connectivity index (χ0n) is 8.03. The van der Waals surface area contributed by atoms with Gasteiger partial charge in [0, 0.05) is 0 Å². The first-order valence-electron chi connectivity index (χ1n) is 4.21. The molecule has 0 aliphatic heterocycles. The van der Waals surface area contributed by atoms with E-state index in [1.807, 2.05) is 0 Å². The van der Waals surface area contributed by atoms with Crippen molar-refractivity contribution in [3.05, 3.63) is 28.8 Å². The van der Waals surface area contributed by atoms with Gasteiger partial charge >= 0.3 is 12.1 Å². The van der Waals surface area contributed by atoms with Crippen molar-refractivity contribution in [1.29, 1.82) is 0 Å². The first-order chi connectivity index (χ1) is 7.57. The Morgan fingerprint density at radius 1 is 1.12 bits per heavy atom. The Hall–Kier alpha value is -1.11. The molecule has 0 saturated carbocycles. The molecule has 2 N–H and O–H groups in total. The SMILES string of the molecule is Nc1ccc(C(F)C(F)(F)C(F)(F)F)cc1Cl. The van der Waals surface area contributed by atoms with Gasteiger partial charge < -0.3 is 5.73 Å². The van der Waals surface area contributed by atoms with E-state index in [0.717, 1.165) is 12.1 Å². The summed E-state index contributed by atoms with van der Waals surface area (Å²) in [5, 5.41) is -0.289. The van der Waals surface area contributed by atoms with E-state index in [-0.39, 0.29) is 10.7 Å². The van der Waals surface area contributed by atoms with Gasteiger partial charge in [0.2, 0.25) is 0 Å². The Labute approximate surface area is 97.2 Å². The highest BCUT2D eigenvalue weighted by atomic mass is 35.5. The Morgan fingerprint density at radius 2 is 1.65 bits per heavy atom. The van der Waals surface area contributed by atoms with E-state index < -0.39 is 23.8 Å². The first-order valence-corrected chi connectivity index (χ1v) is 4.58. The van der Waals surface area contributed by atoms with Gasteiger partial charge in [-0.3, -0.25) is 0 Å². The van der Waals surface area contributed by atoms with Gasteiger partial charge in [-0.25, -0.2) is 4.39 Å². The van der Waals surface area contributed by atoms with Gasteiger partial charge in [-0.2, -0.15) is 22.0 Å². The molecule has 0 aromatic heterocycles. The number of rotatable bonds is 2. The summed E-state index contributed by atoms with van der Waals surface area (Å²) >= 11 is 5.40. The van der Waals surface area contributed by atoms with E-state index in [4.69, 9.17) is 17.3 Å². The van der Waals surface area contributed by atoms with Gasteiger partial charge in [0.15, 0.2) is 6.17 Å². The molecular weight excluding hydrogens is 272 g/mol. The third-order valence-electron chi connectivity index (χ3n) is 2.01. The maximum absolute atomic E-state index is 13.2. The minimum absolute atomic E-state index is 0.0436. The molecular formula is C9H6ClF6N. The van der Waals surface area contributed by atoms with Crippen LogP contribution in [0.3, 0.4) is 0 Å². The largest absolute Gasteiger partial charge is 0.456 e. The van der Waals surface area contributed by atoms with E-state index in [1.165, 1.54) is 0 Å². The summed E-state index contributed by atoms with van der Waals surface area (Å²) in [5.41, 5.74) is 4.29. The zero-order chi connectivity index (χ0) is 13.4. The maximum Gasteiger partial charge on any atom is 0.456 e. The molecule has 1 atom stereocenters. The molecule has 1 unspecified atom stereocenters. The monoisotopic (exact) mass is 277 g/mol. The number of hydrogen-bond acceptors (Lipinski definition) is 1. The molecule has 1 rings (SSSR count). The second-order valence-corrected chi connectivity index (χ2v) is 3.67. The van der Waals surface area contributed by atoms with Crippen LogP contribution in [0, 0.1) is 0 Å². The van der Waals surface area contributed by atoms with Crippen LogP contribution in [0.2, 0.25) is 5.02 Å². The predicted octanol–water partition coefficient (Wildman–Crippen LogP) is 4.13. The quantitative estimate of drug-likeness (QED) is 0.638. The Bertz CT molecular complexity index is 416. The summed E-state index contributed by atoms with van der Waals surface area (Å²) in [6.07, 6.45) is -9.50. The Morgan fingerprint density at radius 3 is 2.06 bits per heavy atom. The second kappa shape index (κ2) is 4.29. The molecule has 0 spiro atoms. The lowest BCUT2D eigenvalue weighted by Crippen LogP contribution is -2.40. The number of hydrogen-bond donors (Lipinski definition) is 1. The molecule has 0 bridgehead atoms. The highest BCUT2D eigenvalue weighted by Crippen LogP contribution is 2.46. The van der Waals surface area contributed by atoms with Gasteiger partial charge in [-0.1, -0.05) is 17.7 Å². The molecule has 0 aliphatic carbocycles. The lowest BCUT2D eigenvalue weighted by atomic mass is 10.0. The topological polar surface area (TPSA) is 26.0 Å². The fourth-order valence-electron chi connectivity index (χ4n) is 1.05. The van der Waals surface area contributed by atoms with E-state index in [9.17, 15) is 26.3 Å². The van der Waals surface area contributed by atoms with Crippen molar-refractivity contribution in [2.45, 2.75) is 18.3 Å². The molecule has 1 aromatic rings. The second-order valence-electron chi connectivity index (χ2n) is 3.26. The minimum atomic E-state index is -5.97. The summed E-state index contributed by atoms with van der Waals surface area (Å²) in [7, 11) is 0. The van der Waals surface area contributed by atoms with Crippen LogP contribution in [-0.2, 0) is 0 Å². The van der Waals surface area contributed by atoms with Crippen molar-refractivity contribution in [3.8, 4) is 0 Å². The van der Waals surface area contributed by atoms with Crippen molar-refractivity contribution < 1.29 is 26.3 Å². The average Bonchev–Trinajstić information content (AvgIpc) is 2.19. The molecule has 0 aliphatic rings. The summed E-state index contributed by atoms with van der Waals surface area (Å²) < 4.78 is 74.2. The summed E-state index contributed by atoms with van der Waals surface area (Å²) in [4.78, 5) is 0. The molecule has 1 nitrogen and oxygen atoms in total. The number of benzene rings is 1. The number of nitrogens with two attached hydrogens (primary N) is 1. The van der Waals surface area contributed by atoms with Crippen LogP contribution in [0.5, 0.6) is 0 Å². The van der Waals surface area contributed by atoms with Crippen LogP contribution in [0.25, 0.3) is 0 Å². The normalized spacial score (nSPS) is 14.8. The molecule has 0 radical (unpaired) electrons. The summed E-state index contributed by atoms with van der Waals surface area (Å²) in [5.74, 6) is -5.48. The van der Waals surface area contributed by atoms with E-state index in [0.29, 0.717) is 6.07 Å². The van der Waals surface area contributed by atoms with Gasteiger partial charge in [-0.05, 0) is 17.7 Å². The van der Waals surface area contributed by atoms with E-state index in [1.54, 1.807) is 0 Å². The third-order valence-corrected chi connectivity index (χ3v) is 2.34. The minimum Gasteiger partial charge on any atom is -0.398 e. The first kappa shape index (κ1) is 14.0. The summed E-state index contributed by atoms with van der Waals surface area (Å²) in [6, 6.07) is 2.32. The summed E-state index contributed by atoms with van der Waals surface area (Å²) in [6.45, 7) is 0. The van der Waals surface area contributed by atoms with Gasteiger partial charge in [0.25, 0.3) is 0 Å². The standard InChI is InChI=1S/C9H6ClF6N/c10-5-3-4(1-2-6(5)17)7(11)8(12,13)9(14,15)16/h1-3,7H,17H2. The van der Waals surface area contributed by atoms with Crippen LogP contribution in [0.15, 0.2) is 18.2 Å². The third kappa shape index (κ3) is 2.59. The predicted molar refractivity (Wildman–Crippen MR) is 50.7 cm³/mol. The highest BCUT2D eigenvalue weighted by Gasteiger charge is 2.63. The van der Waals surface area contributed by atoms with Crippen LogP contribution >= 0.6 is 11.6 Å². The van der Waals surface area contributed by atoms with Crippen molar-refractivity contribution in [2.24, 2.45) is 0 Å². The molecule has 17 heavy (non-hydrogen) atoms. The van der Waals surface area contributed by atoms with Crippen LogP contribution in [0.1, 0.15) is 11.7 Å². The average molecular weight is 278 g/mol. The molecule has 0 amide bonds. The molecule has 0 fully saturated rings. The number of alkyl halides is 6. The van der Waals surface area contributed by atoms with Crippen molar-refractivity contribution in [2.75, 3.05) is 5.73 Å². The fourth-order valence-corrected chi connectivity index (χ4v) is 1.24. The van der Waals surface area contributed by atoms with Crippen LogP contribution in [0.4, 0.5) is 32.0 Å². The molecule has 0 saturated heterocycles. The van der Waals surface area contributed by atoms with Gasteiger partial charge in [-0.15, -0.1) is 0 Å². The van der Waals surface area contributed by atoms with Gasteiger partial charge in [0.1, 0.15) is 0 Å². The Balaban J connectivity index is 3.12. The number of halogens is 7. The van der Waals surface area contributed by atoms with Crippen LogP contribution < -0.4 is 5.73 Å². The molecule has 8 heteroatoms. The van der Waals surface area contributed by atoms with E-state index >= 15 is 0 Å². The van der Waals surface area contributed by atoms with Gasteiger partial charge in [0.05, 0.1) is 10.7 Å². The maximum atomic E-state index is 13.2. The fraction of sp³-hybridized carbons (Fsp3) is 0.333. The van der Waals surface area contributed by atoms with Crippen molar-refractivity contribution in [1.82, 2.24) is 0 Å². The number of nitrogen functional groups attached to an aromatic ring is 1. The lowest BCUT2D eigenvalue weighted by Gasteiger charge is -2.23. The Kier molecular flexibility index (Phi) is 3.52. The molecule has 96 valence electrons. The van der Waals surface area contributed by atoms with Crippen LogP contribution in [-0.4, -0.2) is 12.1 Å². The van der Waals surface area contributed by atoms with Crippen molar-refractivity contribution >= 4 is 17.3 Å². The molecule has 0 heterocycles. The lowest BCUT2D eigenvalue weighted by molar-refractivity contribution is -0.305. The highest BCUT2D eigenvalue weighted by molar-refractivity contribution is 6.33. The smallest absolute Gasteiger partial charge is 0.398 e. The van der Waals surface area contributed by atoms with E-state index in [2.05, 4.69) is 0 Å². The zero-order valence-corrected chi connectivity index (χ0v) is 8.79. The number of anilines is 1.